The molecule has 4 aromatic heterocycles. The van der Waals surface area contributed by atoms with E-state index in [-0.39, 0.29) is 18.8 Å². The van der Waals surface area contributed by atoms with Gasteiger partial charge < -0.3 is 4.98 Å². The van der Waals surface area contributed by atoms with Crippen LogP contribution in [0.1, 0.15) is 12.0 Å². The van der Waals surface area contributed by atoms with E-state index >= 15 is 0 Å². The Labute approximate surface area is 220 Å². The van der Waals surface area contributed by atoms with Gasteiger partial charge in [-0.05, 0) is 47.5 Å². The average Bonchev–Trinajstić information content (AvgIpc) is 3.64. The molecule has 39 heavy (non-hydrogen) atoms. The molecule has 0 unspecified atom stereocenters. The van der Waals surface area contributed by atoms with E-state index < -0.39 is 5.92 Å². The molecule has 0 bridgehead atoms. The van der Waals surface area contributed by atoms with Crippen LogP contribution in [0.4, 0.5) is 13.2 Å². The van der Waals surface area contributed by atoms with Crippen LogP contribution in [-0.2, 0) is 6.54 Å². The van der Waals surface area contributed by atoms with Crippen LogP contribution in [-0.4, -0.2) is 54.0 Å². The fraction of sp³-hybridized carbons (Fsp3) is 0.172. The molecule has 7 rings (SSSR count). The summed E-state index contributed by atoms with van der Waals surface area (Å²) in [6.07, 6.45) is 3.30. The van der Waals surface area contributed by atoms with Crippen LogP contribution in [0.5, 0.6) is 0 Å². The summed E-state index contributed by atoms with van der Waals surface area (Å²) >= 11 is 0. The Bertz CT molecular complexity index is 1820. The number of alkyl halides is 2. The lowest BCUT2D eigenvalue weighted by Crippen LogP contribution is -2.24. The van der Waals surface area contributed by atoms with Crippen molar-refractivity contribution in [1.82, 2.24) is 35.0 Å². The number of H-pyrrole nitrogens is 2. The lowest BCUT2D eigenvalue weighted by atomic mass is 10.0. The molecule has 1 aliphatic heterocycles. The Morgan fingerprint density at radius 3 is 2.59 bits per heavy atom. The first-order valence-electron chi connectivity index (χ1n) is 12.6. The number of pyridine rings is 2. The molecule has 2 N–H and O–H groups in total. The Morgan fingerprint density at radius 1 is 0.897 bits per heavy atom. The SMILES string of the molecule is Fc1ccc(-c2cccc3[nH]c(-c4n[nH]c5ccc(-c6cncc(CN7CCC(F)(F)C7)c6)nc45)nc23)cc1. The van der Waals surface area contributed by atoms with Gasteiger partial charge in [-0.1, -0.05) is 24.3 Å². The molecule has 0 saturated carbocycles. The van der Waals surface area contributed by atoms with Gasteiger partial charge in [-0.15, -0.1) is 0 Å². The predicted octanol–water partition coefficient (Wildman–Crippen LogP) is 6.21. The zero-order valence-electron chi connectivity index (χ0n) is 20.6. The minimum absolute atomic E-state index is 0.116. The summed E-state index contributed by atoms with van der Waals surface area (Å²) in [6.45, 7) is 0.533. The van der Waals surface area contributed by atoms with Gasteiger partial charge in [0.15, 0.2) is 11.5 Å². The number of hydrogen-bond acceptors (Lipinski definition) is 5. The third-order valence-electron chi connectivity index (χ3n) is 7.05. The third kappa shape index (κ3) is 4.42. The van der Waals surface area contributed by atoms with E-state index in [0.717, 1.165) is 38.8 Å². The Balaban J connectivity index is 1.24. The minimum Gasteiger partial charge on any atom is -0.336 e. The second-order valence-corrected chi connectivity index (χ2v) is 9.86. The van der Waals surface area contributed by atoms with Gasteiger partial charge in [-0.3, -0.25) is 15.0 Å². The van der Waals surface area contributed by atoms with Crippen molar-refractivity contribution in [3.63, 3.8) is 0 Å². The predicted molar refractivity (Wildman–Crippen MR) is 142 cm³/mol. The minimum atomic E-state index is -2.63. The maximum atomic E-state index is 13.6. The second kappa shape index (κ2) is 9.02. The summed E-state index contributed by atoms with van der Waals surface area (Å²) < 4.78 is 40.7. The van der Waals surface area contributed by atoms with Crippen molar-refractivity contribution in [3.8, 4) is 33.9 Å². The fourth-order valence-corrected chi connectivity index (χ4v) is 5.15. The van der Waals surface area contributed by atoms with Crippen LogP contribution in [0.15, 0.2) is 73.1 Å². The van der Waals surface area contributed by atoms with Crippen LogP contribution < -0.4 is 0 Å². The summed E-state index contributed by atoms with van der Waals surface area (Å²) in [5.41, 5.74) is 7.58. The first-order valence-corrected chi connectivity index (χ1v) is 12.6. The van der Waals surface area contributed by atoms with Crippen molar-refractivity contribution in [1.29, 1.82) is 0 Å². The maximum Gasteiger partial charge on any atom is 0.261 e. The standard InChI is InChI=1S/C29H22F3N7/c30-20-6-4-18(5-7-20)21-2-1-3-23-25(21)36-28(35-23)27-26-24(37-38-27)9-8-22(34-26)19-12-17(13-33-14-19)15-39-11-10-29(31,32)16-39/h1-9,12-14H,10-11,15-16H2,(H,35,36)(H,37,38). The fourth-order valence-electron chi connectivity index (χ4n) is 5.15. The van der Waals surface area contributed by atoms with Gasteiger partial charge in [0.2, 0.25) is 0 Å². The van der Waals surface area contributed by atoms with Gasteiger partial charge in [-0.2, -0.15) is 5.10 Å². The van der Waals surface area contributed by atoms with Crippen molar-refractivity contribution in [2.24, 2.45) is 0 Å². The number of imidazole rings is 1. The summed E-state index contributed by atoms with van der Waals surface area (Å²) in [5.74, 6) is -2.37. The van der Waals surface area contributed by atoms with E-state index in [9.17, 15) is 13.2 Å². The lowest BCUT2D eigenvalue weighted by Gasteiger charge is -2.15. The number of hydrogen-bond donors (Lipinski definition) is 2. The van der Waals surface area contributed by atoms with Crippen LogP contribution in [0.2, 0.25) is 0 Å². The maximum absolute atomic E-state index is 13.6. The molecule has 0 radical (unpaired) electrons. The topological polar surface area (TPSA) is 86.4 Å². The Morgan fingerprint density at radius 2 is 1.77 bits per heavy atom. The van der Waals surface area contributed by atoms with E-state index in [4.69, 9.17) is 9.97 Å². The van der Waals surface area contributed by atoms with E-state index in [0.29, 0.717) is 35.8 Å². The van der Waals surface area contributed by atoms with Gasteiger partial charge in [0.25, 0.3) is 5.92 Å². The zero-order chi connectivity index (χ0) is 26.6. The van der Waals surface area contributed by atoms with Gasteiger partial charge >= 0.3 is 0 Å². The van der Waals surface area contributed by atoms with Crippen molar-refractivity contribution in [2.75, 3.05) is 13.1 Å². The average molecular weight is 526 g/mol. The van der Waals surface area contributed by atoms with Gasteiger partial charge in [0.1, 0.15) is 11.3 Å². The molecular weight excluding hydrogens is 503 g/mol. The van der Waals surface area contributed by atoms with E-state index in [2.05, 4.69) is 20.2 Å². The number of para-hydroxylation sites is 1. The van der Waals surface area contributed by atoms with Crippen LogP contribution >= 0.6 is 0 Å². The first kappa shape index (κ1) is 23.5. The molecule has 1 saturated heterocycles. The van der Waals surface area contributed by atoms with Crippen molar-refractivity contribution >= 4 is 22.1 Å². The largest absolute Gasteiger partial charge is 0.336 e. The van der Waals surface area contributed by atoms with E-state index in [1.54, 1.807) is 29.4 Å². The van der Waals surface area contributed by atoms with E-state index in [1.807, 2.05) is 36.4 Å². The number of aromatic nitrogens is 6. The highest BCUT2D eigenvalue weighted by molar-refractivity contribution is 5.96. The number of benzene rings is 2. The molecule has 0 aliphatic carbocycles. The lowest BCUT2D eigenvalue weighted by molar-refractivity contribution is 0.0115. The molecule has 5 heterocycles. The molecular formula is C29H22F3N7. The number of rotatable bonds is 5. The second-order valence-electron chi connectivity index (χ2n) is 9.86. The van der Waals surface area contributed by atoms with Crippen LogP contribution in [0.25, 0.3) is 56.0 Å². The molecule has 0 atom stereocenters. The van der Waals surface area contributed by atoms with Crippen molar-refractivity contribution in [3.05, 3.63) is 84.4 Å². The number of halogens is 3. The zero-order valence-corrected chi connectivity index (χ0v) is 20.6. The number of nitrogens with zero attached hydrogens (tertiary/aromatic N) is 5. The van der Waals surface area contributed by atoms with Crippen molar-refractivity contribution in [2.45, 2.75) is 18.9 Å². The first-order chi connectivity index (χ1) is 18.9. The molecule has 1 aliphatic rings. The highest BCUT2D eigenvalue weighted by atomic mass is 19.3. The van der Waals surface area contributed by atoms with Gasteiger partial charge in [0, 0.05) is 43.0 Å². The number of aromatic amines is 2. The molecule has 7 nitrogen and oxygen atoms in total. The molecule has 1 fully saturated rings. The summed E-state index contributed by atoms with van der Waals surface area (Å²) in [4.78, 5) is 19.1. The monoisotopic (exact) mass is 525 g/mol. The summed E-state index contributed by atoms with van der Waals surface area (Å²) in [7, 11) is 0. The van der Waals surface area contributed by atoms with Gasteiger partial charge in [0.05, 0.1) is 28.8 Å². The smallest absolute Gasteiger partial charge is 0.261 e. The number of nitrogens with one attached hydrogen (secondary N) is 2. The Hall–Kier alpha value is -4.57. The number of likely N-dealkylation sites (tertiary alicyclic amines) is 1. The molecule has 0 amide bonds. The van der Waals surface area contributed by atoms with Crippen LogP contribution in [0.3, 0.4) is 0 Å². The van der Waals surface area contributed by atoms with Crippen LogP contribution in [0, 0.1) is 5.82 Å². The van der Waals surface area contributed by atoms with Gasteiger partial charge in [-0.25, -0.2) is 23.1 Å². The normalized spacial score (nSPS) is 15.5. The molecule has 194 valence electrons. The quantitative estimate of drug-likeness (QED) is 0.280. The highest BCUT2D eigenvalue weighted by Gasteiger charge is 2.37. The Kier molecular flexibility index (Phi) is 5.44. The summed E-state index contributed by atoms with van der Waals surface area (Å²) in [5, 5.41) is 7.51. The molecule has 2 aromatic carbocycles. The van der Waals surface area contributed by atoms with E-state index in [1.165, 1.54) is 12.1 Å². The third-order valence-corrected chi connectivity index (χ3v) is 7.05. The molecule has 0 spiro atoms. The summed E-state index contributed by atoms with van der Waals surface area (Å²) in [6, 6.07) is 17.8. The van der Waals surface area contributed by atoms with Crippen molar-refractivity contribution < 1.29 is 13.2 Å². The molecule has 6 aromatic rings. The highest BCUT2D eigenvalue weighted by Crippen LogP contribution is 2.32. The number of fused-ring (bicyclic) bond motifs is 2. The molecule has 10 heteroatoms.